The highest BCUT2D eigenvalue weighted by atomic mass is 35.5. The van der Waals surface area contributed by atoms with E-state index in [9.17, 15) is 5.11 Å². The van der Waals surface area contributed by atoms with E-state index in [1.54, 1.807) is 18.2 Å². The number of aromatic hydroxyl groups is 1. The maximum Gasteiger partial charge on any atom is 0.160 e. The van der Waals surface area contributed by atoms with E-state index in [4.69, 9.17) is 22.1 Å². The zero-order valence-corrected chi connectivity index (χ0v) is 11.2. The molecule has 0 aliphatic carbocycles. The van der Waals surface area contributed by atoms with Gasteiger partial charge in [-0.25, -0.2) is 0 Å². The third-order valence-electron chi connectivity index (χ3n) is 2.91. The molecule has 0 aliphatic rings. The average Bonchev–Trinajstić information content (AvgIpc) is 2.41. The van der Waals surface area contributed by atoms with E-state index >= 15 is 0 Å². The van der Waals surface area contributed by atoms with Gasteiger partial charge in [0.05, 0.1) is 6.61 Å². The van der Waals surface area contributed by atoms with Crippen molar-refractivity contribution in [2.75, 3.05) is 13.2 Å². The van der Waals surface area contributed by atoms with Crippen LogP contribution in [0.4, 0.5) is 0 Å². The Morgan fingerprint density at radius 3 is 2.63 bits per heavy atom. The zero-order chi connectivity index (χ0) is 13.7. The Bertz CT molecular complexity index is 545. The van der Waals surface area contributed by atoms with Crippen molar-refractivity contribution in [2.45, 2.75) is 5.92 Å². The molecule has 2 aromatic carbocycles. The fourth-order valence-corrected chi connectivity index (χ4v) is 2.03. The molecule has 0 saturated heterocycles. The highest BCUT2D eigenvalue weighted by Gasteiger charge is 2.12. The number of hydrogen-bond acceptors (Lipinski definition) is 3. The van der Waals surface area contributed by atoms with Gasteiger partial charge < -0.3 is 15.6 Å². The van der Waals surface area contributed by atoms with Gasteiger partial charge in [-0.05, 0) is 29.8 Å². The van der Waals surface area contributed by atoms with E-state index in [1.165, 1.54) is 0 Å². The van der Waals surface area contributed by atoms with Crippen LogP contribution in [-0.2, 0) is 0 Å². The van der Waals surface area contributed by atoms with E-state index in [-0.39, 0.29) is 11.7 Å². The third-order valence-corrected chi connectivity index (χ3v) is 3.14. The van der Waals surface area contributed by atoms with Crippen LogP contribution < -0.4 is 10.5 Å². The Kier molecular flexibility index (Phi) is 4.66. The molecule has 0 fully saturated rings. The first-order chi connectivity index (χ1) is 9.20. The van der Waals surface area contributed by atoms with Crippen LogP contribution in [0.5, 0.6) is 11.5 Å². The maximum absolute atomic E-state index is 9.63. The molecule has 19 heavy (non-hydrogen) atoms. The van der Waals surface area contributed by atoms with Crippen LogP contribution in [0.25, 0.3) is 0 Å². The fourth-order valence-electron chi connectivity index (χ4n) is 1.83. The predicted molar refractivity (Wildman–Crippen MR) is 76.8 cm³/mol. The summed E-state index contributed by atoms with van der Waals surface area (Å²) in [6.45, 7) is 0.850. The van der Waals surface area contributed by atoms with Crippen molar-refractivity contribution >= 4 is 11.6 Å². The van der Waals surface area contributed by atoms with E-state index in [0.717, 1.165) is 5.56 Å². The Hall–Kier alpha value is -1.71. The lowest BCUT2D eigenvalue weighted by Crippen LogP contribution is -2.19. The Morgan fingerprint density at radius 2 is 1.95 bits per heavy atom. The highest BCUT2D eigenvalue weighted by Crippen LogP contribution is 2.26. The molecule has 0 aromatic heterocycles. The molecule has 1 atom stereocenters. The Balaban J connectivity index is 2.06. The number of rotatable bonds is 5. The fraction of sp³-hybridized carbons (Fsp3) is 0.200. The molecule has 0 amide bonds. The van der Waals surface area contributed by atoms with Crippen LogP contribution in [-0.4, -0.2) is 18.3 Å². The molecule has 1 unspecified atom stereocenters. The minimum atomic E-state index is 0.0401. The number of para-hydroxylation sites is 2. The van der Waals surface area contributed by atoms with Crippen molar-refractivity contribution in [3.8, 4) is 11.5 Å². The molecule has 0 saturated carbocycles. The molecule has 0 radical (unpaired) electrons. The van der Waals surface area contributed by atoms with E-state index in [0.29, 0.717) is 23.9 Å². The van der Waals surface area contributed by atoms with Crippen LogP contribution >= 0.6 is 11.6 Å². The molecular formula is C15H16ClNO2. The lowest BCUT2D eigenvalue weighted by molar-refractivity contribution is 0.276. The largest absolute Gasteiger partial charge is 0.504 e. The van der Waals surface area contributed by atoms with Crippen LogP contribution in [0, 0.1) is 0 Å². The average molecular weight is 278 g/mol. The summed E-state index contributed by atoms with van der Waals surface area (Å²) in [5.41, 5.74) is 6.80. The smallest absolute Gasteiger partial charge is 0.160 e. The second kappa shape index (κ2) is 6.45. The number of halogens is 1. The molecule has 0 spiro atoms. The Labute approximate surface area is 117 Å². The van der Waals surface area contributed by atoms with Crippen molar-refractivity contribution in [2.24, 2.45) is 5.73 Å². The summed E-state index contributed by atoms with van der Waals surface area (Å²) >= 11 is 5.97. The van der Waals surface area contributed by atoms with E-state index < -0.39 is 0 Å². The van der Waals surface area contributed by atoms with Crippen LogP contribution in [0.2, 0.25) is 5.02 Å². The summed E-state index contributed by atoms with van der Waals surface area (Å²) < 4.78 is 5.61. The van der Waals surface area contributed by atoms with Crippen molar-refractivity contribution < 1.29 is 9.84 Å². The number of phenols is 1. The van der Waals surface area contributed by atoms with Gasteiger partial charge in [-0.2, -0.15) is 0 Å². The van der Waals surface area contributed by atoms with Gasteiger partial charge in [-0.1, -0.05) is 35.9 Å². The van der Waals surface area contributed by atoms with Gasteiger partial charge in [0.15, 0.2) is 11.5 Å². The third kappa shape index (κ3) is 3.63. The van der Waals surface area contributed by atoms with Crippen molar-refractivity contribution in [1.29, 1.82) is 0 Å². The minimum Gasteiger partial charge on any atom is -0.504 e. The predicted octanol–water partition coefficient (Wildman–Crippen LogP) is 3.17. The van der Waals surface area contributed by atoms with Gasteiger partial charge in [-0.15, -0.1) is 0 Å². The highest BCUT2D eigenvalue weighted by molar-refractivity contribution is 6.30. The molecule has 0 bridgehead atoms. The molecule has 2 aromatic rings. The summed E-state index contributed by atoms with van der Waals surface area (Å²) in [6.07, 6.45) is 0. The van der Waals surface area contributed by atoms with E-state index in [1.807, 2.05) is 30.3 Å². The number of phenolic OH excluding ortho intramolecular Hbond substituents is 1. The molecule has 0 heterocycles. The van der Waals surface area contributed by atoms with E-state index in [2.05, 4.69) is 0 Å². The van der Waals surface area contributed by atoms with Gasteiger partial charge in [0, 0.05) is 17.5 Å². The topological polar surface area (TPSA) is 55.5 Å². The quantitative estimate of drug-likeness (QED) is 0.883. The van der Waals surface area contributed by atoms with Crippen molar-refractivity contribution in [3.63, 3.8) is 0 Å². The maximum atomic E-state index is 9.63. The molecule has 100 valence electrons. The molecule has 0 aliphatic heterocycles. The molecule has 2 rings (SSSR count). The van der Waals surface area contributed by atoms with Gasteiger partial charge in [-0.3, -0.25) is 0 Å². The molecule has 4 heteroatoms. The Morgan fingerprint density at radius 1 is 1.16 bits per heavy atom. The summed E-state index contributed by atoms with van der Waals surface area (Å²) in [5, 5.41) is 10.3. The first-order valence-corrected chi connectivity index (χ1v) is 6.45. The van der Waals surface area contributed by atoms with Gasteiger partial charge >= 0.3 is 0 Å². The number of hydrogen-bond donors (Lipinski definition) is 2. The summed E-state index contributed by atoms with van der Waals surface area (Å²) in [6, 6.07) is 14.4. The summed E-state index contributed by atoms with van der Waals surface area (Å²) in [4.78, 5) is 0. The molecule has 3 N–H and O–H groups in total. The lowest BCUT2D eigenvalue weighted by Gasteiger charge is -2.17. The standard InChI is InChI=1S/C15H16ClNO2/c16-13-5-3-4-11(8-13)12(9-17)10-19-15-7-2-1-6-14(15)18/h1-8,12,18H,9-10,17H2. The van der Waals surface area contributed by atoms with Crippen LogP contribution in [0.1, 0.15) is 11.5 Å². The lowest BCUT2D eigenvalue weighted by atomic mass is 10.0. The normalized spacial score (nSPS) is 12.1. The van der Waals surface area contributed by atoms with Gasteiger partial charge in [0.2, 0.25) is 0 Å². The van der Waals surface area contributed by atoms with Crippen molar-refractivity contribution in [3.05, 3.63) is 59.1 Å². The number of benzene rings is 2. The molecule has 3 nitrogen and oxygen atoms in total. The first-order valence-electron chi connectivity index (χ1n) is 6.07. The second-order valence-electron chi connectivity index (χ2n) is 4.27. The van der Waals surface area contributed by atoms with Crippen molar-refractivity contribution in [1.82, 2.24) is 0 Å². The van der Waals surface area contributed by atoms with Crippen LogP contribution in [0.15, 0.2) is 48.5 Å². The minimum absolute atomic E-state index is 0.0401. The van der Waals surface area contributed by atoms with Gasteiger partial charge in [0.25, 0.3) is 0 Å². The summed E-state index contributed by atoms with van der Waals surface area (Å²) in [5.74, 6) is 0.630. The SMILES string of the molecule is NCC(COc1ccccc1O)c1cccc(Cl)c1. The van der Waals surface area contributed by atoms with Gasteiger partial charge in [0.1, 0.15) is 0 Å². The first kappa shape index (κ1) is 13.7. The monoisotopic (exact) mass is 277 g/mol. The summed E-state index contributed by atoms with van der Waals surface area (Å²) in [7, 11) is 0. The zero-order valence-electron chi connectivity index (χ0n) is 10.4. The second-order valence-corrected chi connectivity index (χ2v) is 4.70. The number of ether oxygens (including phenoxy) is 1. The molecular weight excluding hydrogens is 262 g/mol. The number of nitrogens with two attached hydrogens (primary N) is 1. The van der Waals surface area contributed by atoms with Crippen LogP contribution in [0.3, 0.4) is 0 Å².